The molecule has 1 amide bonds. The molecule has 7 heteroatoms. The quantitative estimate of drug-likeness (QED) is 0.675. The van der Waals surface area contributed by atoms with E-state index >= 15 is 0 Å². The lowest BCUT2D eigenvalue weighted by atomic mass is 9.76. The molecule has 1 aromatic carbocycles. The van der Waals surface area contributed by atoms with Crippen LogP contribution in [0.25, 0.3) is 5.52 Å². The van der Waals surface area contributed by atoms with Gasteiger partial charge in [-0.05, 0) is 30.0 Å². The number of piperidine rings is 1. The third kappa shape index (κ3) is 2.62. The van der Waals surface area contributed by atoms with Crippen LogP contribution in [0.15, 0.2) is 48.9 Å². The van der Waals surface area contributed by atoms with E-state index in [1.165, 1.54) is 11.1 Å². The van der Waals surface area contributed by atoms with Crippen LogP contribution < -0.4 is 5.32 Å². The Morgan fingerprint density at radius 1 is 1.22 bits per heavy atom. The van der Waals surface area contributed by atoms with Gasteiger partial charge in [-0.1, -0.05) is 24.3 Å². The number of nitrogens with one attached hydrogen (secondary N) is 1. The van der Waals surface area contributed by atoms with Crippen LogP contribution in [0.3, 0.4) is 0 Å². The van der Waals surface area contributed by atoms with Crippen LogP contribution in [0, 0.1) is 0 Å². The highest BCUT2D eigenvalue weighted by Gasteiger charge is 2.45. The minimum Gasteiger partial charge on any atom is -0.389 e. The van der Waals surface area contributed by atoms with Crippen molar-refractivity contribution in [1.29, 1.82) is 0 Å². The number of hydrogen-bond donors (Lipinski definition) is 2. The molecule has 0 saturated carbocycles. The Morgan fingerprint density at radius 3 is 2.93 bits per heavy atom. The van der Waals surface area contributed by atoms with Gasteiger partial charge in [0.1, 0.15) is 0 Å². The van der Waals surface area contributed by atoms with Crippen LogP contribution in [0.5, 0.6) is 0 Å². The summed E-state index contributed by atoms with van der Waals surface area (Å²) in [6.45, 7) is 1.63. The fraction of sp³-hybridized carbons (Fsp3) is 0.350. The minimum absolute atomic E-state index is 0.161. The van der Waals surface area contributed by atoms with E-state index < -0.39 is 6.10 Å². The Bertz CT molecular complexity index is 1020. The summed E-state index contributed by atoms with van der Waals surface area (Å²) in [6.07, 6.45) is 5.80. The molecular formula is C20H21N5O2. The Hall–Kier alpha value is -2.77. The van der Waals surface area contributed by atoms with Crippen LogP contribution in [0.1, 0.15) is 28.0 Å². The van der Waals surface area contributed by atoms with Gasteiger partial charge >= 0.3 is 0 Å². The van der Waals surface area contributed by atoms with Crippen molar-refractivity contribution in [2.75, 3.05) is 13.1 Å². The number of carbonyl (C=O) groups excluding carboxylic acids is 1. The van der Waals surface area contributed by atoms with Crippen molar-refractivity contribution in [3.05, 3.63) is 65.7 Å². The summed E-state index contributed by atoms with van der Waals surface area (Å²) in [5, 5.41) is 18.7. The zero-order valence-electron chi connectivity index (χ0n) is 14.9. The van der Waals surface area contributed by atoms with E-state index in [-0.39, 0.29) is 11.4 Å². The zero-order valence-corrected chi connectivity index (χ0v) is 14.9. The molecule has 27 heavy (non-hydrogen) atoms. The summed E-state index contributed by atoms with van der Waals surface area (Å²) in [4.78, 5) is 19.0. The maximum Gasteiger partial charge on any atom is 0.274 e. The van der Waals surface area contributed by atoms with Crippen molar-refractivity contribution < 1.29 is 9.90 Å². The van der Waals surface area contributed by atoms with E-state index in [4.69, 9.17) is 0 Å². The first kappa shape index (κ1) is 16.4. The van der Waals surface area contributed by atoms with Gasteiger partial charge in [0.2, 0.25) is 0 Å². The Kier molecular flexibility index (Phi) is 3.73. The molecule has 2 aromatic heterocycles. The first-order valence-electron chi connectivity index (χ1n) is 9.24. The van der Waals surface area contributed by atoms with Crippen LogP contribution in [0.2, 0.25) is 0 Å². The SMILES string of the molecule is O=C(c1nccn2nccc12)N1CC[C@]2(Cc3ccccc3CN2)[C@H](O)C1. The van der Waals surface area contributed by atoms with Crippen molar-refractivity contribution in [3.63, 3.8) is 0 Å². The number of aromatic nitrogens is 3. The van der Waals surface area contributed by atoms with Crippen LogP contribution in [-0.4, -0.2) is 55.2 Å². The summed E-state index contributed by atoms with van der Waals surface area (Å²) >= 11 is 0. The number of β-amino-alcohol motifs (C(OH)–C–C–N with tert-alkyl or cyclic N) is 1. The molecule has 2 aliphatic heterocycles. The highest BCUT2D eigenvalue weighted by molar-refractivity contribution is 5.98. The normalized spacial score (nSPS) is 24.9. The number of carbonyl (C=O) groups is 1. The number of aliphatic hydroxyl groups is 1. The molecule has 1 fully saturated rings. The molecule has 2 aliphatic rings. The van der Waals surface area contributed by atoms with Crippen molar-refractivity contribution in [2.45, 2.75) is 31.0 Å². The number of amides is 1. The second kappa shape index (κ2) is 6.14. The van der Waals surface area contributed by atoms with Gasteiger partial charge in [0.15, 0.2) is 5.69 Å². The maximum atomic E-state index is 13.0. The van der Waals surface area contributed by atoms with Gasteiger partial charge in [-0.15, -0.1) is 0 Å². The molecule has 4 heterocycles. The van der Waals surface area contributed by atoms with Crippen molar-refractivity contribution in [1.82, 2.24) is 24.8 Å². The lowest BCUT2D eigenvalue weighted by molar-refractivity contribution is -0.0139. The zero-order chi connectivity index (χ0) is 18.4. The first-order chi connectivity index (χ1) is 13.2. The largest absolute Gasteiger partial charge is 0.389 e. The lowest BCUT2D eigenvalue weighted by Crippen LogP contribution is -2.65. The van der Waals surface area contributed by atoms with Crippen molar-refractivity contribution in [2.24, 2.45) is 0 Å². The second-order valence-electron chi connectivity index (χ2n) is 7.41. The summed E-state index contributed by atoms with van der Waals surface area (Å²) in [6, 6.07) is 10.1. The number of likely N-dealkylation sites (tertiary alicyclic amines) is 1. The van der Waals surface area contributed by atoms with Crippen molar-refractivity contribution in [3.8, 4) is 0 Å². The van der Waals surface area contributed by atoms with Crippen LogP contribution in [0.4, 0.5) is 0 Å². The van der Waals surface area contributed by atoms with Gasteiger partial charge < -0.3 is 15.3 Å². The van der Waals surface area contributed by atoms with E-state index in [0.717, 1.165) is 13.0 Å². The number of benzene rings is 1. The molecule has 0 bridgehead atoms. The number of aliphatic hydroxyl groups excluding tert-OH is 1. The average molecular weight is 363 g/mol. The molecule has 0 radical (unpaired) electrons. The Balaban J connectivity index is 1.37. The molecule has 5 rings (SSSR count). The number of fused-ring (bicyclic) bond motifs is 2. The highest BCUT2D eigenvalue weighted by Crippen LogP contribution is 2.32. The summed E-state index contributed by atoms with van der Waals surface area (Å²) in [7, 11) is 0. The fourth-order valence-electron chi connectivity index (χ4n) is 4.32. The molecule has 2 atom stereocenters. The Labute approximate surface area is 156 Å². The van der Waals surface area contributed by atoms with Crippen LogP contribution >= 0.6 is 0 Å². The van der Waals surface area contributed by atoms with E-state index in [1.54, 1.807) is 34.1 Å². The molecule has 2 N–H and O–H groups in total. The van der Waals surface area contributed by atoms with Gasteiger partial charge in [-0.2, -0.15) is 5.10 Å². The maximum absolute atomic E-state index is 13.0. The smallest absolute Gasteiger partial charge is 0.274 e. The molecule has 1 saturated heterocycles. The fourth-order valence-corrected chi connectivity index (χ4v) is 4.32. The number of hydrogen-bond acceptors (Lipinski definition) is 5. The summed E-state index contributed by atoms with van der Waals surface area (Å²) < 4.78 is 1.64. The Morgan fingerprint density at radius 2 is 2.07 bits per heavy atom. The first-order valence-corrected chi connectivity index (χ1v) is 9.24. The monoisotopic (exact) mass is 363 g/mol. The van der Waals surface area contributed by atoms with E-state index in [2.05, 4.69) is 27.5 Å². The summed E-state index contributed by atoms with van der Waals surface area (Å²) in [5.74, 6) is -0.161. The van der Waals surface area contributed by atoms with Gasteiger partial charge in [0.05, 0.1) is 23.4 Å². The molecule has 7 nitrogen and oxygen atoms in total. The van der Waals surface area contributed by atoms with Crippen LogP contribution in [-0.2, 0) is 13.0 Å². The van der Waals surface area contributed by atoms with Crippen molar-refractivity contribution >= 4 is 11.4 Å². The van der Waals surface area contributed by atoms with Gasteiger partial charge in [-0.3, -0.25) is 4.79 Å². The lowest BCUT2D eigenvalue weighted by Gasteiger charge is -2.48. The molecular weight excluding hydrogens is 342 g/mol. The number of rotatable bonds is 1. The van der Waals surface area contributed by atoms with Gasteiger partial charge in [0, 0.05) is 32.0 Å². The van der Waals surface area contributed by atoms with Gasteiger partial charge in [-0.25, -0.2) is 9.50 Å². The summed E-state index contributed by atoms with van der Waals surface area (Å²) in [5.41, 5.74) is 3.24. The predicted molar refractivity (Wildman–Crippen MR) is 99.2 cm³/mol. The molecule has 3 aromatic rings. The minimum atomic E-state index is -0.631. The third-order valence-electron chi connectivity index (χ3n) is 5.93. The van der Waals surface area contributed by atoms with E-state index in [0.29, 0.717) is 30.7 Å². The van der Waals surface area contributed by atoms with E-state index in [1.807, 2.05) is 12.1 Å². The molecule has 138 valence electrons. The molecule has 0 aliphatic carbocycles. The topological polar surface area (TPSA) is 82.8 Å². The number of nitrogens with zero attached hydrogens (tertiary/aromatic N) is 4. The highest BCUT2D eigenvalue weighted by atomic mass is 16.3. The predicted octanol–water partition coefficient (Wildman–Crippen LogP) is 1.02. The second-order valence-corrected chi connectivity index (χ2v) is 7.41. The molecule has 0 unspecified atom stereocenters. The third-order valence-corrected chi connectivity index (χ3v) is 5.93. The standard InChI is InChI=1S/C20H21N5O2/c26-17-13-24(19(27)18-16-5-7-23-25(16)10-8-21-18)9-6-20(17)11-14-3-1-2-4-15(14)12-22-20/h1-5,7-8,10,17,22,26H,6,9,11-13H2/t17-,20+/m1/s1. The van der Waals surface area contributed by atoms with E-state index in [9.17, 15) is 9.90 Å². The van der Waals surface area contributed by atoms with Gasteiger partial charge in [0.25, 0.3) is 5.91 Å². The average Bonchev–Trinajstić information content (AvgIpc) is 3.18. The molecule has 1 spiro atoms.